The lowest BCUT2D eigenvalue weighted by atomic mass is 10.1. The fraction of sp³-hybridized carbons (Fsp3) is 0.100. The zero-order valence-electron chi connectivity index (χ0n) is 28.4. The van der Waals surface area contributed by atoms with Crippen LogP contribution < -0.4 is 30.2 Å². The second kappa shape index (κ2) is 16.7. The van der Waals surface area contributed by atoms with E-state index in [-0.39, 0.29) is 11.6 Å². The number of thiazole rings is 1. The quantitative estimate of drug-likeness (QED) is 0.0802. The molecule has 0 fully saturated rings. The van der Waals surface area contributed by atoms with E-state index in [4.69, 9.17) is 14.2 Å². The molecule has 6 aromatic rings. The lowest BCUT2D eigenvalue weighted by Gasteiger charge is -2.17. The van der Waals surface area contributed by atoms with Gasteiger partial charge in [-0.3, -0.25) is 14.4 Å². The Kier molecular flexibility index (Phi) is 11.5. The minimum Gasteiger partial charge on any atom is -0.497 e. The number of amides is 3. The third-order valence-electron chi connectivity index (χ3n) is 7.79. The van der Waals surface area contributed by atoms with Crippen molar-refractivity contribution < 1.29 is 28.6 Å². The van der Waals surface area contributed by atoms with Crippen molar-refractivity contribution in [1.82, 2.24) is 10.3 Å². The number of anilines is 2. The largest absolute Gasteiger partial charge is 0.497 e. The van der Waals surface area contributed by atoms with E-state index in [0.717, 1.165) is 20.7 Å². The van der Waals surface area contributed by atoms with Crippen LogP contribution in [0.5, 0.6) is 17.2 Å². The maximum absolute atomic E-state index is 13.7. The van der Waals surface area contributed by atoms with Crippen LogP contribution in [0, 0.1) is 0 Å². The summed E-state index contributed by atoms with van der Waals surface area (Å²) >= 11 is 2.74. The second-order valence-electron chi connectivity index (χ2n) is 11.2. The van der Waals surface area contributed by atoms with Gasteiger partial charge in [0.1, 0.15) is 16.7 Å². The number of nitrogens with zero attached hydrogens (tertiary/aromatic N) is 1. The number of aromatic nitrogens is 1. The van der Waals surface area contributed by atoms with Crippen molar-refractivity contribution >= 4 is 67.9 Å². The number of nitrogens with one attached hydrogen (secondary N) is 3. The number of para-hydroxylation sites is 1. The Morgan fingerprint density at radius 1 is 0.769 bits per heavy atom. The minimum absolute atomic E-state index is 0.00652. The van der Waals surface area contributed by atoms with E-state index in [0.29, 0.717) is 39.2 Å². The van der Waals surface area contributed by atoms with Gasteiger partial charge in [-0.15, -0.1) is 11.8 Å². The summed E-state index contributed by atoms with van der Waals surface area (Å²) < 4.78 is 17.2. The molecule has 6 rings (SSSR count). The van der Waals surface area contributed by atoms with Gasteiger partial charge in [-0.05, 0) is 72.3 Å². The first-order chi connectivity index (χ1) is 25.3. The molecule has 3 amide bonds. The number of ether oxygens (including phenoxy) is 3. The van der Waals surface area contributed by atoms with Crippen molar-refractivity contribution in [2.75, 3.05) is 32.0 Å². The van der Waals surface area contributed by atoms with E-state index >= 15 is 0 Å². The lowest BCUT2D eigenvalue weighted by Crippen LogP contribution is -2.30. The van der Waals surface area contributed by atoms with E-state index in [9.17, 15) is 14.4 Å². The normalized spacial score (nSPS) is 11.7. The Morgan fingerprint density at radius 2 is 1.50 bits per heavy atom. The van der Waals surface area contributed by atoms with Crippen molar-refractivity contribution in [2.24, 2.45) is 0 Å². The molecule has 1 atom stereocenters. The molecule has 1 aromatic heterocycles. The van der Waals surface area contributed by atoms with Gasteiger partial charge in [-0.25, -0.2) is 4.98 Å². The number of carbonyl (C=O) groups is 3. The SMILES string of the molecule is COc1ccc2nc(NC(=O)C(Sc3ccc(NC(=O)/C(=C/c4cccc(OC)c4OC)NC(=O)c4ccccc4)cc3)c3ccccc3)sc2c1. The molecule has 1 heterocycles. The van der Waals surface area contributed by atoms with Gasteiger partial charge in [0.05, 0.1) is 31.5 Å². The van der Waals surface area contributed by atoms with Crippen LogP contribution in [0.4, 0.5) is 10.8 Å². The molecule has 262 valence electrons. The second-order valence-corrected chi connectivity index (χ2v) is 13.4. The summed E-state index contributed by atoms with van der Waals surface area (Å²) in [4.78, 5) is 46.0. The molecule has 0 aliphatic heterocycles. The molecule has 12 heteroatoms. The molecule has 0 saturated carbocycles. The first-order valence-electron chi connectivity index (χ1n) is 16.0. The summed E-state index contributed by atoms with van der Waals surface area (Å²) in [6.07, 6.45) is 1.53. The average molecular weight is 731 g/mol. The van der Waals surface area contributed by atoms with Crippen LogP contribution in [-0.4, -0.2) is 44.0 Å². The highest BCUT2D eigenvalue weighted by molar-refractivity contribution is 8.00. The molecule has 10 nitrogen and oxygen atoms in total. The third kappa shape index (κ3) is 8.60. The minimum atomic E-state index is -0.594. The van der Waals surface area contributed by atoms with Crippen molar-refractivity contribution in [3.8, 4) is 17.2 Å². The highest BCUT2D eigenvalue weighted by atomic mass is 32.2. The van der Waals surface area contributed by atoms with Crippen LogP contribution in [-0.2, 0) is 9.59 Å². The van der Waals surface area contributed by atoms with Gasteiger partial charge in [0.25, 0.3) is 11.8 Å². The molecule has 0 saturated heterocycles. The Hall–Kier alpha value is -6.11. The van der Waals surface area contributed by atoms with Crippen LogP contribution >= 0.6 is 23.1 Å². The maximum atomic E-state index is 13.7. The number of thioether (sulfide) groups is 1. The molecule has 0 bridgehead atoms. The van der Waals surface area contributed by atoms with Gasteiger partial charge in [0.2, 0.25) is 5.91 Å². The van der Waals surface area contributed by atoms with E-state index in [1.807, 2.05) is 60.7 Å². The molecule has 0 aliphatic carbocycles. The highest BCUT2D eigenvalue weighted by Gasteiger charge is 2.24. The number of hydrogen-bond acceptors (Lipinski definition) is 9. The monoisotopic (exact) mass is 730 g/mol. The van der Waals surface area contributed by atoms with E-state index in [2.05, 4.69) is 20.9 Å². The van der Waals surface area contributed by atoms with Crippen molar-refractivity contribution in [3.63, 3.8) is 0 Å². The molecule has 0 aliphatic rings. The zero-order chi connectivity index (χ0) is 36.5. The summed E-state index contributed by atoms with van der Waals surface area (Å²) in [6.45, 7) is 0. The molecular weight excluding hydrogens is 697 g/mol. The van der Waals surface area contributed by atoms with E-state index in [1.165, 1.54) is 43.4 Å². The highest BCUT2D eigenvalue weighted by Crippen LogP contribution is 2.38. The smallest absolute Gasteiger partial charge is 0.272 e. The first-order valence-corrected chi connectivity index (χ1v) is 17.7. The summed E-state index contributed by atoms with van der Waals surface area (Å²) in [5.74, 6) is 0.368. The van der Waals surface area contributed by atoms with Gasteiger partial charge in [-0.2, -0.15) is 0 Å². The van der Waals surface area contributed by atoms with Gasteiger partial charge in [0, 0.05) is 21.7 Å². The average Bonchev–Trinajstić information content (AvgIpc) is 3.59. The maximum Gasteiger partial charge on any atom is 0.272 e. The number of hydrogen-bond donors (Lipinski definition) is 3. The predicted molar refractivity (Wildman–Crippen MR) is 206 cm³/mol. The summed E-state index contributed by atoms with van der Waals surface area (Å²) in [5, 5.41) is 8.51. The van der Waals surface area contributed by atoms with Gasteiger partial charge >= 0.3 is 0 Å². The molecule has 5 aromatic carbocycles. The fourth-order valence-corrected chi connectivity index (χ4v) is 7.15. The standard InChI is InChI=1S/C40H34N4O6S2/c1-48-29-19-22-31-34(24-29)52-40(43-31)44-39(47)36(25-11-6-4-7-12-25)51-30-20-17-28(18-21-30)41-38(46)32(42-37(45)26-13-8-5-9-14-26)23-27-15-10-16-33(49-2)35(27)50-3/h4-24,36H,1-3H3,(H,41,46)(H,42,45)(H,43,44,47)/b32-23-. The van der Waals surface area contributed by atoms with E-state index in [1.54, 1.807) is 67.8 Å². The van der Waals surface area contributed by atoms with Crippen molar-refractivity contribution in [1.29, 1.82) is 0 Å². The Bertz CT molecular complexity index is 2220. The number of fused-ring (bicyclic) bond motifs is 1. The molecule has 52 heavy (non-hydrogen) atoms. The summed E-state index contributed by atoms with van der Waals surface area (Å²) in [7, 11) is 4.63. The summed E-state index contributed by atoms with van der Waals surface area (Å²) in [5.41, 5.74) is 2.99. The summed E-state index contributed by atoms with van der Waals surface area (Å²) in [6, 6.07) is 36.1. The van der Waals surface area contributed by atoms with E-state index < -0.39 is 17.1 Å². The molecule has 3 N–H and O–H groups in total. The Balaban J connectivity index is 1.21. The van der Waals surface area contributed by atoms with Gasteiger partial charge < -0.3 is 30.2 Å². The Morgan fingerprint density at radius 3 is 2.19 bits per heavy atom. The number of carbonyl (C=O) groups excluding carboxylic acids is 3. The van der Waals surface area contributed by atoms with Crippen molar-refractivity contribution in [2.45, 2.75) is 10.1 Å². The van der Waals surface area contributed by atoms with Crippen LogP contribution in [0.15, 0.2) is 132 Å². The molecule has 1 unspecified atom stereocenters. The van der Waals surface area contributed by atoms with Gasteiger partial charge in [-0.1, -0.05) is 72.0 Å². The molecular formula is C40H34N4O6S2. The van der Waals surface area contributed by atoms with Crippen molar-refractivity contribution in [3.05, 3.63) is 144 Å². The zero-order valence-corrected chi connectivity index (χ0v) is 30.0. The van der Waals surface area contributed by atoms with Crippen LogP contribution in [0.3, 0.4) is 0 Å². The number of rotatable bonds is 13. The first kappa shape index (κ1) is 35.7. The van der Waals surface area contributed by atoms with Crippen LogP contribution in [0.2, 0.25) is 0 Å². The number of methoxy groups -OCH3 is 3. The topological polar surface area (TPSA) is 128 Å². The molecule has 0 radical (unpaired) electrons. The van der Waals surface area contributed by atoms with Crippen LogP contribution in [0.1, 0.15) is 26.7 Å². The van der Waals surface area contributed by atoms with Gasteiger partial charge in [0.15, 0.2) is 16.6 Å². The molecule has 0 spiro atoms. The predicted octanol–water partition coefficient (Wildman–Crippen LogP) is 8.20. The van der Waals surface area contributed by atoms with Crippen LogP contribution in [0.25, 0.3) is 16.3 Å². The lowest BCUT2D eigenvalue weighted by molar-refractivity contribution is -0.116. The third-order valence-corrected chi connectivity index (χ3v) is 9.99. The number of benzene rings is 5. The fourth-order valence-electron chi connectivity index (χ4n) is 5.23. The Labute approximate surface area is 308 Å².